The molecule has 0 spiro atoms. The average Bonchev–Trinajstić information content (AvgIpc) is 2.85. The van der Waals surface area contributed by atoms with Gasteiger partial charge in [-0.15, -0.1) is 0 Å². The molecule has 6 heteroatoms. The predicted octanol–water partition coefficient (Wildman–Crippen LogP) is 3.70. The van der Waals surface area contributed by atoms with Gasteiger partial charge in [0.15, 0.2) is 11.5 Å². The van der Waals surface area contributed by atoms with E-state index in [1.54, 1.807) is 24.4 Å². The van der Waals surface area contributed by atoms with Gasteiger partial charge in [-0.25, -0.2) is 4.98 Å². The van der Waals surface area contributed by atoms with Crippen LogP contribution in [0.4, 0.5) is 0 Å². The number of halogens is 2. The largest absolute Gasteiger partial charge is 0.489 e. The Kier molecular flexibility index (Phi) is 3.36. The molecule has 19 heavy (non-hydrogen) atoms. The average molecular weight is 298 g/mol. The van der Waals surface area contributed by atoms with Gasteiger partial charge in [-0.05, 0) is 18.2 Å². The Morgan fingerprint density at radius 1 is 1.16 bits per heavy atom. The topological polar surface area (TPSA) is 40.6 Å². The molecule has 1 aliphatic heterocycles. The van der Waals surface area contributed by atoms with Crippen molar-refractivity contribution < 1.29 is 14.2 Å². The minimum atomic E-state index is 0.242. The first-order valence-electron chi connectivity index (χ1n) is 5.55. The van der Waals surface area contributed by atoms with Crippen molar-refractivity contribution in [1.82, 2.24) is 4.98 Å². The van der Waals surface area contributed by atoms with E-state index in [4.69, 9.17) is 37.4 Å². The summed E-state index contributed by atoms with van der Waals surface area (Å²) in [7, 11) is 0. The molecule has 0 saturated heterocycles. The zero-order valence-corrected chi connectivity index (χ0v) is 11.2. The predicted molar refractivity (Wildman–Crippen MR) is 71.2 cm³/mol. The highest BCUT2D eigenvalue weighted by Gasteiger charge is 2.14. The maximum absolute atomic E-state index is 6.04. The fourth-order valence-electron chi connectivity index (χ4n) is 1.67. The number of aromatic nitrogens is 1. The molecule has 0 atom stereocenters. The molecule has 2 heterocycles. The van der Waals surface area contributed by atoms with Gasteiger partial charge >= 0.3 is 0 Å². The third-order valence-electron chi connectivity index (χ3n) is 2.63. The molecule has 0 saturated carbocycles. The van der Waals surface area contributed by atoms with E-state index < -0.39 is 0 Å². The molecule has 98 valence electrons. The highest BCUT2D eigenvalue weighted by molar-refractivity contribution is 6.34. The van der Waals surface area contributed by atoms with Crippen LogP contribution in [0.15, 0.2) is 30.5 Å². The summed E-state index contributed by atoms with van der Waals surface area (Å²) in [5.41, 5.74) is 0.767. The molecule has 0 aliphatic carbocycles. The van der Waals surface area contributed by atoms with Crippen LogP contribution in [0.2, 0.25) is 10.2 Å². The number of rotatable bonds is 3. The molecule has 1 aromatic heterocycles. The van der Waals surface area contributed by atoms with Crippen LogP contribution in [-0.2, 0) is 6.61 Å². The maximum Gasteiger partial charge on any atom is 0.231 e. The lowest BCUT2D eigenvalue weighted by molar-refractivity contribution is 0.173. The Morgan fingerprint density at radius 3 is 2.84 bits per heavy atom. The molecule has 4 nitrogen and oxygen atoms in total. The quantitative estimate of drug-likeness (QED) is 0.810. The van der Waals surface area contributed by atoms with Crippen molar-refractivity contribution in [1.29, 1.82) is 0 Å². The molecule has 0 bridgehead atoms. The summed E-state index contributed by atoms with van der Waals surface area (Å²) in [6, 6.07) is 6.98. The van der Waals surface area contributed by atoms with E-state index in [0.29, 0.717) is 28.3 Å². The second-order valence-electron chi connectivity index (χ2n) is 3.90. The molecule has 0 unspecified atom stereocenters. The van der Waals surface area contributed by atoms with E-state index in [2.05, 4.69) is 4.98 Å². The molecule has 1 aromatic carbocycles. The van der Waals surface area contributed by atoms with E-state index in [0.717, 1.165) is 11.3 Å². The molecule has 2 aromatic rings. The number of ether oxygens (including phenoxy) is 3. The Morgan fingerprint density at radius 2 is 2.00 bits per heavy atom. The smallest absolute Gasteiger partial charge is 0.231 e. The van der Waals surface area contributed by atoms with Gasteiger partial charge in [-0.1, -0.05) is 23.2 Å². The van der Waals surface area contributed by atoms with Crippen LogP contribution in [0.1, 0.15) is 5.56 Å². The summed E-state index contributed by atoms with van der Waals surface area (Å²) in [5, 5.41) is 0.887. The molecule has 0 amide bonds. The second kappa shape index (κ2) is 5.15. The van der Waals surface area contributed by atoms with E-state index >= 15 is 0 Å². The lowest BCUT2D eigenvalue weighted by atomic mass is 10.3. The van der Waals surface area contributed by atoms with Crippen LogP contribution < -0.4 is 14.2 Å². The summed E-state index contributed by atoms with van der Waals surface area (Å²) in [6.07, 6.45) is 1.59. The molecule has 3 rings (SSSR count). The van der Waals surface area contributed by atoms with Gasteiger partial charge in [0.25, 0.3) is 0 Å². The first-order valence-corrected chi connectivity index (χ1v) is 6.30. The fraction of sp³-hybridized carbons (Fsp3) is 0.154. The van der Waals surface area contributed by atoms with Crippen LogP contribution in [0.3, 0.4) is 0 Å². The Hall–Kier alpha value is -1.65. The molecule has 1 aliphatic rings. The number of nitrogens with zero attached hydrogens (tertiary/aromatic N) is 1. The van der Waals surface area contributed by atoms with Gasteiger partial charge < -0.3 is 14.2 Å². The number of hydrogen-bond donors (Lipinski definition) is 0. The van der Waals surface area contributed by atoms with Gasteiger partial charge in [0.2, 0.25) is 6.79 Å². The summed E-state index contributed by atoms with van der Waals surface area (Å²) >= 11 is 11.8. The highest BCUT2D eigenvalue weighted by atomic mass is 35.5. The van der Waals surface area contributed by atoms with E-state index in [-0.39, 0.29) is 6.79 Å². The maximum atomic E-state index is 6.04. The Labute approximate surface area is 119 Å². The van der Waals surface area contributed by atoms with E-state index in [1.807, 2.05) is 6.07 Å². The van der Waals surface area contributed by atoms with Gasteiger partial charge in [-0.2, -0.15) is 0 Å². The standard InChI is InChI=1S/C13H9Cl2NO3/c14-10-4-13(15)16-5-8(10)6-17-9-1-2-11-12(3-9)19-7-18-11/h1-5H,6-7H2. The van der Waals surface area contributed by atoms with Crippen molar-refractivity contribution in [3.05, 3.63) is 46.2 Å². The molecular weight excluding hydrogens is 289 g/mol. The molecule has 0 radical (unpaired) electrons. The Balaban J connectivity index is 1.72. The monoisotopic (exact) mass is 297 g/mol. The summed E-state index contributed by atoms with van der Waals surface area (Å²) in [4.78, 5) is 3.97. The lowest BCUT2D eigenvalue weighted by Gasteiger charge is -2.08. The summed E-state index contributed by atoms with van der Waals surface area (Å²) < 4.78 is 16.1. The van der Waals surface area contributed by atoms with Crippen LogP contribution >= 0.6 is 23.2 Å². The van der Waals surface area contributed by atoms with Crippen molar-refractivity contribution in [2.24, 2.45) is 0 Å². The van der Waals surface area contributed by atoms with Crippen molar-refractivity contribution in [2.75, 3.05) is 6.79 Å². The van der Waals surface area contributed by atoms with Crippen LogP contribution in [0.5, 0.6) is 17.2 Å². The van der Waals surface area contributed by atoms with Gasteiger partial charge in [0.05, 0.1) is 5.02 Å². The second-order valence-corrected chi connectivity index (χ2v) is 4.70. The van der Waals surface area contributed by atoms with Crippen molar-refractivity contribution in [3.8, 4) is 17.2 Å². The van der Waals surface area contributed by atoms with Crippen molar-refractivity contribution in [2.45, 2.75) is 6.61 Å². The Bertz CT molecular complexity index is 619. The van der Waals surface area contributed by atoms with Crippen LogP contribution in [0, 0.1) is 0 Å². The van der Waals surface area contributed by atoms with Gasteiger partial charge in [0.1, 0.15) is 17.5 Å². The zero-order valence-electron chi connectivity index (χ0n) is 9.73. The van der Waals surface area contributed by atoms with Gasteiger partial charge in [-0.3, -0.25) is 0 Å². The summed E-state index contributed by atoms with van der Waals surface area (Å²) in [6.45, 7) is 0.550. The first kappa shape index (κ1) is 12.4. The third kappa shape index (κ3) is 2.69. The number of hydrogen-bond acceptors (Lipinski definition) is 4. The third-order valence-corrected chi connectivity index (χ3v) is 3.19. The molecule has 0 fully saturated rings. The molecular formula is C13H9Cl2NO3. The van der Waals surface area contributed by atoms with Crippen molar-refractivity contribution in [3.63, 3.8) is 0 Å². The fourth-order valence-corrected chi connectivity index (χ4v) is 2.09. The van der Waals surface area contributed by atoms with Gasteiger partial charge in [0, 0.05) is 17.8 Å². The van der Waals surface area contributed by atoms with Crippen molar-refractivity contribution >= 4 is 23.2 Å². The number of fused-ring (bicyclic) bond motifs is 1. The summed E-state index contributed by atoms with van der Waals surface area (Å²) in [5.74, 6) is 2.08. The highest BCUT2D eigenvalue weighted by Crippen LogP contribution is 2.35. The normalized spacial score (nSPS) is 12.5. The molecule has 0 N–H and O–H groups in total. The van der Waals surface area contributed by atoms with E-state index in [9.17, 15) is 0 Å². The zero-order chi connectivity index (χ0) is 13.2. The first-order chi connectivity index (χ1) is 9.22. The van der Waals surface area contributed by atoms with Crippen LogP contribution in [0.25, 0.3) is 0 Å². The minimum absolute atomic E-state index is 0.242. The lowest BCUT2D eigenvalue weighted by Crippen LogP contribution is -1.97. The van der Waals surface area contributed by atoms with Crippen LogP contribution in [-0.4, -0.2) is 11.8 Å². The minimum Gasteiger partial charge on any atom is -0.489 e. The SMILES string of the molecule is Clc1cc(Cl)c(COc2ccc3c(c2)OCO3)cn1. The number of pyridine rings is 1. The van der Waals surface area contributed by atoms with E-state index in [1.165, 1.54) is 0 Å². The number of benzene rings is 1.